The second kappa shape index (κ2) is 6.02. The normalized spacial score (nSPS) is 19.5. The molecular weight excluding hydrogens is 322 g/mol. The highest BCUT2D eigenvalue weighted by Crippen LogP contribution is 2.29. The fourth-order valence-electron chi connectivity index (χ4n) is 2.98. The first kappa shape index (κ1) is 15.5. The SMILES string of the molecule is CS(=O)(=O)N[C@H]1CCCN(c2ccnc3cc(Cl)ccc23)C1. The maximum Gasteiger partial charge on any atom is 0.209 e. The number of nitrogens with one attached hydrogen (secondary N) is 1. The van der Waals surface area contributed by atoms with Crippen molar-refractivity contribution in [3.8, 4) is 0 Å². The van der Waals surface area contributed by atoms with E-state index in [2.05, 4.69) is 14.6 Å². The molecule has 1 aromatic carbocycles. The quantitative estimate of drug-likeness (QED) is 0.932. The summed E-state index contributed by atoms with van der Waals surface area (Å²) in [6.07, 6.45) is 4.78. The second-order valence-electron chi connectivity index (χ2n) is 5.67. The fourth-order valence-corrected chi connectivity index (χ4v) is 3.94. The molecule has 0 aliphatic carbocycles. The Morgan fingerprint density at radius 2 is 2.18 bits per heavy atom. The zero-order chi connectivity index (χ0) is 15.7. The highest BCUT2D eigenvalue weighted by molar-refractivity contribution is 7.88. The summed E-state index contributed by atoms with van der Waals surface area (Å²) in [5.74, 6) is 0. The molecule has 0 spiro atoms. The molecule has 1 atom stereocenters. The number of rotatable bonds is 3. The number of fused-ring (bicyclic) bond motifs is 1. The maximum atomic E-state index is 11.4. The molecule has 1 aliphatic heterocycles. The fraction of sp³-hybridized carbons (Fsp3) is 0.400. The third-order valence-corrected chi connectivity index (χ3v) is 4.82. The first-order valence-corrected chi connectivity index (χ1v) is 9.46. The second-order valence-corrected chi connectivity index (χ2v) is 7.88. The van der Waals surface area contributed by atoms with Crippen molar-refractivity contribution in [1.82, 2.24) is 9.71 Å². The highest BCUT2D eigenvalue weighted by Gasteiger charge is 2.23. The number of anilines is 1. The summed E-state index contributed by atoms with van der Waals surface area (Å²) < 4.78 is 25.6. The van der Waals surface area contributed by atoms with E-state index in [0.717, 1.165) is 36.0 Å². The van der Waals surface area contributed by atoms with Crippen molar-refractivity contribution in [2.45, 2.75) is 18.9 Å². The van der Waals surface area contributed by atoms with E-state index in [1.807, 2.05) is 24.3 Å². The van der Waals surface area contributed by atoms with Gasteiger partial charge in [-0.2, -0.15) is 0 Å². The molecule has 0 unspecified atom stereocenters. The van der Waals surface area contributed by atoms with E-state index in [-0.39, 0.29) is 6.04 Å². The first-order valence-electron chi connectivity index (χ1n) is 7.19. The molecule has 7 heteroatoms. The third-order valence-electron chi connectivity index (χ3n) is 3.82. The minimum atomic E-state index is -3.18. The number of nitrogens with zero attached hydrogens (tertiary/aromatic N) is 2. The molecule has 5 nitrogen and oxygen atoms in total. The Balaban J connectivity index is 1.90. The van der Waals surface area contributed by atoms with Crippen molar-refractivity contribution in [2.75, 3.05) is 24.2 Å². The zero-order valence-electron chi connectivity index (χ0n) is 12.3. The van der Waals surface area contributed by atoms with Crippen molar-refractivity contribution in [2.24, 2.45) is 0 Å². The maximum absolute atomic E-state index is 11.4. The molecule has 0 amide bonds. The molecule has 0 saturated carbocycles. The van der Waals surface area contributed by atoms with Gasteiger partial charge in [-0.05, 0) is 37.1 Å². The van der Waals surface area contributed by atoms with Gasteiger partial charge in [0, 0.05) is 41.4 Å². The standard InChI is InChI=1S/C15H18ClN3O2S/c1-22(20,21)18-12-3-2-8-19(10-12)15-6-7-17-14-9-11(16)4-5-13(14)15/h4-7,9,12,18H,2-3,8,10H2,1H3/t12-/m0/s1. The highest BCUT2D eigenvalue weighted by atomic mass is 35.5. The average molecular weight is 340 g/mol. The van der Waals surface area contributed by atoms with Crippen molar-refractivity contribution in [3.05, 3.63) is 35.5 Å². The average Bonchev–Trinajstić information content (AvgIpc) is 2.44. The van der Waals surface area contributed by atoms with Crippen LogP contribution in [0.4, 0.5) is 5.69 Å². The molecule has 2 heterocycles. The summed E-state index contributed by atoms with van der Waals surface area (Å²) in [6.45, 7) is 1.57. The van der Waals surface area contributed by atoms with Gasteiger partial charge in [-0.15, -0.1) is 0 Å². The predicted octanol–water partition coefficient (Wildman–Crippen LogP) is 2.41. The van der Waals surface area contributed by atoms with Crippen molar-refractivity contribution in [1.29, 1.82) is 0 Å². The van der Waals surface area contributed by atoms with Gasteiger partial charge in [0.1, 0.15) is 0 Å². The summed E-state index contributed by atoms with van der Waals surface area (Å²) in [5, 5.41) is 1.69. The summed E-state index contributed by atoms with van der Waals surface area (Å²) in [7, 11) is -3.18. The van der Waals surface area contributed by atoms with E-state index < -0.39 is 10.0 Å². The smallest absolute Gasteiger partial charge is 0.209 e. The van der Waals surface area contributed by atoms with Crippen LogP contribution in [0.2, 0.25) is 5.02 Å². The zero-order valence-corrected chi connectivity index (χ0v) is 13.9. The molecule has 1 N–H and O–H groups in total. The predicted molar refractivity (Wildman–Crippen MR) is 90.0 cm³/mol. The van der Waals surface area contributed by atoms with Gasteiger partial charge in [-0.3, -0.25) is 4.98 Å². The van der Waals surface area contributed by atoms with Crippen molar-refractivity contribution in [3.63, 3.8) is 0 Å². The Kier molecular flexibility index (Phi) is 4.25. The Bertz CT molecular complexity index is 794. The lowest BCUT2D eigenvalue weighted by molar-refractivity contribution is 0.468. The lowest BCUT2D eigenvalue weighted by atomic mass is 10.0. The summed E-state index contributed by atoms with van der Waals surface area (Å²) in [6, 6.07) is 7.58. The lowest BCUT2D eigenvalue weighted by Gasteiger charge is -2.35. The van der Waals surface area contributed by atoms with Gasteiger partial charge in [-0.1, -0.05) is 11.6 Å². The molecule has 1 aromatic heterocycles. The molecule has 0 bridgehead atoms. The summed E-state index contributed by atoms with van der Waals surface area (Å²) >= 11 is 6.02. The van der Waals surface area contributed by atoms with E-state index in [0.29, 0.717) is 11.6 Å². The van der Waals surface area contributed by atoms with Crippen LogP contribution in [-0.4, -0.2) is 38.8 Å². The number of halogens is 1. The van der Waals surface area contributed by atoms with Crippen LogP contribution in [-0.2, 0) is 10.0 Å². The van der Waals surface area contributed by atoms with Gasteiger partial charge in [0.2, 0.25) is 10.0 Å². The van der Waals surface area contributed by atoms with E-state index in [9.17, 15) is 8.42 Å². The molecule has 22 heavy (non-hydrogen) atoms. The van der Waals surface area contributed by atoms with Gasteiger partial charge in [0.15, 0.2) is 0 Å². The van der Waals surface area contributed by atoms with Gasteiger partial charge in [-0.25, -0.2) is 13.1 Å². The third kappa shape index (κ3) is 3.51. The van der Waals surface area contributed by atoms with E-state index in [1.54, 1.807) is 6.20 Å². The molecule has 0 radical (unpaired) electrons. The number of hydrogen-bond acceptors (Lipinski definition) is 4. The van der Waals surface area contributed by atoms with E-state index in [1.165, 1.54) is 6.26 Å². The Labute approximate surface area is 135 Å². The van der Waals surface area contributed by atoms with Gasteiger partial charge in [0.25, 0.3) is 0 Å². The number of hydrogen-bond donors (Lipinski definition) is 1. The molecular formula is C15H18ClN3O2S. The molecule has 118 valence electrons. The monoisotopic (exact) mass is 339 g/mol. The van der Waals surface area contributed by atoms with Crippen LogP contribution in [0, 0.1) is 0 Å². The van der Waals surface area contributed by atoms with E-state index >= 15 is 0 Å². The molecule has 1 fully saturated rings. The van der Waals surface area contributed by atoms with Crippen LogP contribution in [0.15, 0.2) is 30.5 Å². The van der Waals surface area contributed by atoms with E-state index in [4.69, 9.17) is 11.6 Å². The topological polar surface area (TPSA) is 62.3 Å². The number of aromatic nitrogens is 1. The molecule has 3 rings (SSSR count). The Hall–Kier alpha value is -1.37. The summed E-state index contributed by atoms with van der Waals surface area (Å²) in [4.78, 5) is 6.57. The lowest BCUT2D eigenvalue weighted by Crippen LogP contribution is -2.47. The minimum absolute atomic E-state index is 0.0562. The van der Waals surface area contributed by atoms with Crippen LogP contribution < -0.4 is 9.62 Å². The van der Waals surface area contributed by atoms with Crippen molar-refractivity contribution >= 4 is 38.2 Å². The number of sulfonamides is 1. The van der Waals surface area contributed by atoms with Crippen LogP contribution in [0.1, 0.15) is 12.8 Å². The van der Waals surface area contributed by atoms with Crippen LogP contribution in [0.25, 0.3) is 10.9 Å². The van der Waals surface area contributed by atoms with Gasteiger partial charge < -0.3 is 4.90 Å². The van der Waals surface area contributed by atoms with Crippen LogP contribution in [0.5, 0.6) is 0 Å². The van der Waals surface area contributed by atoms with Crippen LogP contribution in [0.3, 0.4) is 0 Å². The number of pyridine rings is 1. The summed E-state index contributed by atoms with van der Waals surface area (Å²) in [5.41, 5.74) is 1.92. The molecule has 2 aromatic rings. The Morgan fingerprint density at radius 3 is 2.95 bits per heavy atom. The largest absolute Gasteiger partial charge is 0.369 e. The minimum Gasteiger partial charge on any atom is -0.369 e. The molecule has 1 aliphatic rings. The number of benzene rings is 1. The first-order chi connectivity index (χ1) is 10.4. The Morgan fingerprint density at radius 1 is 1.36 bits per heavy atom. The van der Waals surface area contributed by atoms with Gasteiger partial charge >= 0.3 is 0 Å². The molecule has 1 saturated heterocycles. The van der Waals surface area contributed by atoms with Crippen molar-refractivity contribution < 1.29 is 8.42 Å². The van der Waals surface area contributed by atoms with Crippen LogP contribution >= 0.6 is 11.6 Å². The van der Waals surface area contributed by atoms with Gasteiger partial charge in [0.05, 0.1) is 11.8 Å². The number of piperidine rings is 1.